The van der Waals surface area contributed by atoms with Crippen LogP contribution in [0.4, 0.5) is 0 Å². The Bertz CT molecular complexity index is 302. The molecule has 0 bridgehead atoms. The van der Waals surface area contributed by atoms with Gasteiger partial charge in [-0.15, -0.1) is 0 Å². The Morgan fingerprint density at radius 1 is 1.38 bits per heavy atom. The Balaban J connectivity index is 2.48. The smallest absolute Gasteiger partial charge is 0.141 e. The van der Waals surface area contributed by atoms with Crippen molar-refractivity contribution < 1.29 is 4.74 Å². The molecule has 0 radical (unpaired) electrons. The van der Waals surface area contributed by atoms with Gasteiger partial charge >= 0.3 is 0 Å². The van der Waals surface area contributed by atoms with Crippen LogP contribution < -0.4 is 10.5 Å². The molecule has 0 saturated heterocycles. The van der Waals surface area contributed by atoms with Crippen LogP contribution in [0.5, 0.6) is 5.75 Å². The topological polar surface area (TPSA) is 48.1 Å². The monoisotopic (exact) mass is 222 g/mol. The molecule has 2 N–H and O–H groups in total. The minimum Gasteiger partial charge on any atom is -0.495 e. The van der Waals surface area contributed by atoms with Crippen molar-refractivity contribution in [3.05, 3.63) is 24.0 Å². The summed E-state index contributed by atoms with van der Waals surface area (Å²) in [7, 11) is 1.66. The summed E-state index contributed by atoms with van der Waals surface area (Å²) in [5, 5.41) is 0. The van der Waals surface area contributed by atoms with E-state index in [0.717, 1.165) is 17.7 Å². The van der Waals surface area contributed by atoms with Crippen molar-refractivity contribution in [3.8, 4) is 5.75 Å². The van der Waals surface area contributed by atoms with Gasteiger partial charge in [0.2, 0.25) is 0 Å². The van der Waals surface area contributed by atoms with Crippen molar-refractivity contribution in [2.75, 3.05) is 7.11 Å². The zero-order valence-electron chi connectivity index (χ0n) is 10.3. The molecule has 1 heterocycles. The van der Waals surface area contributed by atoms with E-state index >= 15 is 0 Å². The second-order valence-electron chi connectivity index (χ2n) is 4.07. The molecule has 0 aromatic carbocycles. The summed E-state index contributed by atoms with van der Waals surface area (Å²) >= 11 is 0. The van der Waals surface area contributed by atoms with Gasteiger partial charge in [0.05, 0.1) is 13.3 Å². The van der Waals surface area contributed by atoms with Gasteiger partial charge in [-0.2, -0.15) is 0 Å². The van der Waals surface area contributed by atoms with Gasteiger partial charge < -0.3 is 10.5 Å². The van der Waals surface area contributed by atoms with Gasteiger partial charge in [0.15, 0.2) is 0 Å². The summed E-state index contributed by atoms with van der Waals surface area (Å²) < 4.78 is 5.25. The van der Waals surface area contributed by atoms with Crippen molar-refractivity contribution in [1.82, 2.24) is 4.98 Å². The molecule has 0 spiro atoms. The number of aromatic nitrogens is 1. The first-order chi connectivity index (χ1) is 7.79. The molecule has 0 saturated carbocycles. The average Bonchev–Trinajstić information content (AvgIpc) is 2.34. The number of rotatable bonds is 7. The SMILES string of the molecule is CCCCCCC(N)c1ccncc1OC. The first-order valence-electron chi connectivity index (χ1n) is 6.03. The van der Waals surface area contributed by atoms with Gasteiger partial charge in [-0.3, -0.25) is 4.98 Å². The maximum Gasteiger partial charge on any atom is 0.141 e. The molecule has 1 unspecified atom stereocenters. The fourth-order valence-electron chi connectivity index (χ4n) is 1.81. The molecule has 0 fully saturated rings. The second kappa shape index (κ2) is 7.23. The highest BCUT2D eigenvalue weighted by molar-refractivity contribution is 5.32. The summed E-state index contributed by atoms with van der Waals surface area (Å²) in [5.74, 6) is 0.797. The van der Waals surface area contributed by atoms with E-state index in [0.29, 0.717) is 0 Å². The lowest BCUT2D eigenvalue weighted by Gasteiger charge is -2.14. The van der Waals surface area contributed by atoms with E-state index in [9.17, 15) is 0 Å². The standard InChI is InChI=1S/C13H22N2O/c1-3-4-5-6-7-12(14)11-8-9-15-10-13(11)16-2/h8-10,12H,3-7,14H2,1-2H3. The first-order valence-corrected chi connectivity index (χ1v) is 6.03. The molecule has 16 heavy (non-hydrogen) atoms. The van der Waals surface area contributed by atoms with Crippen molar-refractivity contribution in [2.45, 2.75) is 45.1 Å². The molecule has 0 aliphatic rings. The normalized spacial score (nSPS) is 12.4. The number of pyridine rings is 1. The summed E-state index contributed by atoms with van der Waals surface area (Å²) in [6, 6.07) is 2.01. The van der Waals surface area contributed by atoms with Gasteiger partial charge in [0.1, 0.15) is 5.75 Å². The van der Waals surface area contributed by atoms with Crippen LogP contribution in [0.1, 0.15) is 50.6 Å². The minimum atomic E-state index is 0.0646. The van der Waals surface area contributed by atoms with Crippen LogP contribution in [0.15, 0.2) is 18.5 Å². The van der Waals surface area contributed by atoms with Gasteiger partial charge in [-0.1, -0.05) is 32.6 Å². The maximum absolute atomic E-state index is 6.15. The second-order valence-corrected chi connectivity index (χ2v) is 4.07. The van der Waals surface area contributed by atoms with Crippen LogP contribution in [-0.2, 0) is 0 Å². The van der Waals surface area contributed by atoms with E-state index in [2.05, 4.69) is 11.9 Å². The summed E-state index contributed by atoms with van der Waals surface area (Å²) in [5.41, 5.74) is 7.21. The average molecular weight is 222 g/mol. The molecule has 3 heteroatoms. The number of hydrogen-bond acceptors (Lipinski definition) is 3. The van der Waals surface area contributed by atoms with E-state index < -0.39 is 0 Å². The zero-order valence-corrected chi connectivity index (χ0v) is 10.3. The van der Waals surface area contributed by atoms with E-state index in [1.165, 1.54) is 25.7 Å². The Labute approximate surface area is 98.0 Å². The minimum absolute atomic E-state index is 0.0646. The van der Waals surface area contributed by atoms with Crippen LogP contribution in [0.3, 0.4) is 0 Å². The summed E-state index contributed by atoms with van der Waals surface area (Å²) in [6.45, 7) is 2.21. The van der Waals surface area contributed by atoms with E-state index in [1.54, 1.807) is 19.5 Å². The molecule has 1 rings (SSSR count). The molecule has 90 valence electrons. The third kappa shape index (κ3) is 3.81. The Morgan fingerprint density at radius 2 is 2.19 bits per heavy atom. The van der Waals surface area contributed by atoms with Crippen molar-refractivity contribution in [3.63, 3.8) is 0 Å². The van der Waals surface area contributed by atoms with Gasteiger partial charge in [-0.25, -0.2) is 0 Å². The van der Waals surface area contributed by atoms with Gasteiger partial charge in [-0.05, 0) is 12.5 Å². The van der Waals surface area contributed by atoms with E-state index in [4.69, 9.17) is 10.5 Å². The van der Waals surface area contributed by atoms with Crippen LogP contribution >= 0.6 is 0 Å². The third-order valence-electron chi connectivity index (χ3n) is 2.80. The lowest BCUT2D eigenvalue weighted by molar-refractivity contribution is 0.401. The lowest BCUT2D eigenvalue weighted by Crippen LogP contribution is -2.11. The summed E-state index contributed by atoms with van der Waals surface area (Å²) in [4.78, 5) is 4.03. The number of unbranched alkanes of at least 4 members (excludes halogenated alkanes) is 3. The van der Waals surface area contributed by atoms with E-state index in [-0.39, 0.29) is 6.04 Å². The van der Waals surface area contributed by atoms with E-state index in [1.807, 2.05) is 6.07 Å². The molecular weight excluding hydrogens is 200 g/mol. The van der Waals surface area contributed by atoms with Crippen molar-refractivity contribution >= 4 is 0 Å². The number of nitrogens with two attached hydrogens (primary N) is 1. The van der Waals surface area contributed by atoms with Crippen molar-refractivity contribution in [1.29, 1.82) is 0 Å². The maximum atomic E-state index is 6.15. The largest absolute Gasteiger partial charge is 0.495 e. The number of hydrogen-bond donors (Lipinski definition) is 1. The summed E-state index contributed by atoms with van der Waals surface area (Å²) in [6.07, 6.45) is 9.50. The first kappa shape index (κ1) is 13.0. The molecule has 1 atom stereocenters. The molecule has 1 aromatic heterocycles. The Morgan fingerprint density at radius 3 is 2.88 bits per heavy atom. The Kier molecular flexibility index (Phi) is 5.86. The predicted molar refractivity (Wildman–Crippen MR) is 66.5 cm³/mol. The molecule has 0 aliphatic carbocycles. The highest BCUT2D eigenvalue weighted by Crippen LogP contribution is 2.25. The number of ether oxygens (including phenoxy) is 1. The van der Waals surface area contributed by atoms with Crippen LogP contribution in [0.2, 0.25) is 0 Å². The molecule has 1 aromatic rings. The molecule has 3 nitrogen and oxygen atoms in total. The van der Waals surface area contributed by atoms with Crippen LogP contribution in [-0.4, -0.2) is 12.1 Å². The molecular formula is C13H22N2O. The number of methoxy groups -OCH3 is 1. The molecule has 0 aliphatic heterocycles. The zero-order chi connectivity index (χ0) is 11.8. The quantitative estimate of drug-likeness (QED) is 0.721. The Hall–Kier alpha value is -1.09. The van der Waals surface area contributed by atoms with Crippen molar-refractivity contribution in [2.24, 2.45) is 5.73 Å². The highest BCUT2D eigenvalue weighted by atomic mass is 16.5. The van der Waals surface area contributed by atoms with Gasteiger partial charge in [0, 0.05) is 17.8 Å². The fourth-order valence-corrected chi connectivity index (χ4v) is 1.81. The number of nitrogens with zero attached hydrogens (tertiary/aromatic N) is 1. The highest BCUT2D eigenvalue weighted by Gasteiger charge is 2.10. The fraction of sp³-hybridized carbons (Fsp3) is 0.615. The lowest BCUT2D eigenvalue weighted by atomic mass is 10.0. The van der Waals surface area contributed by atoms with Crippen LogP contribution in [0, 0.1) is 0 Å². The van der Waals surface area contributed by atoms with Gasteiger partial charge in [0.25, 0.3) is 0 Å². The third-order valence-corrected chi connectivity index (χ3v) is 2.80. The molecule has 0 amide bonds. The predicted octanol–water partition coefficient (Wildman–Crippen LogP) is 3.06. The van der Waals surface area contributed by atoms with Crippen LogP contribution in [0.25, 0.3) is 0 Å².